The van der Waals surface area contributed by atoms with Gasteiger partial charge in [-0.05, 0) is 176 Å². The second kappa shape index (κ2) is 36.6. The normalized spacial score (nSPS) is 18.0. The van der Waals surface area contributed by atoms with Gasteiger partial charge in [0.1, 0.15) is 47.4 Å². The highest BCUT2D eigenvalue weighted by Crippen LogP contribution is 2.47. The summed E-state index contributed by atoms with van der Waals surface area (Å²) in [6.45, 7) is 34.8. The van der Waals surface area contributed by atoms with E-state index < -0.39 is 23.9 Å². The molecule has 2 aromatic rings. The maximum atomic E-state index is 12.5. The van der Waals surface area contributed by atoms with Crippen LogP contribution in [0.5, 0.6) is 23.0 Å². The molecule has 2 aliphatic heterocycles. The molecule has 0 unspecified atom stereocenters. The molecule has 12 nitrogen and oxygen atoms in total. The van der Waals surface area contributed by atoms with Crippen molar-refractivity contribution in [3.63, 3.8) is 0 Å². The van der Waals surface area contributed by atoms with Crippen LogP contribution in [0.4, 0.5) is 0 Å². The zero-order chi connectivity index (χ0) is 61.2. The first-order valence-electron chi connectivity index (χ1n) is 32.3. The summed E-state index contributed by atoms with van der Waals surface area (Å²) in [5.41, 5.74) is 7.56. The summed E-state index contributed by atoms with van der Waals surface area (Å²) in [7, 11) is 0. The first-order chi connectivity index (χ1) is 38.7. The van der Waals surface area contributed by atoms with Gasteiger partial charge in [0.15, 0.2) is 0 Å². The fraction of sp³-hybridized carbons (Fsp3) is 0.771. The Bertz CT molecular complexity index is 2120. The predicted molar refractivity (Wildman–Crippen MR) is 331 cm³/mol. The Balaban J connectivity index is 0.000000430. The minimum absolute atomic E-state index is 0.0633. The smallest absolute Gasteiger partial charge is 0.311 e. The number of aliphatic hydroxyl groups is 2. The molecule has 0 saturated carbocycles. The molecule has 0 amide bonds. The summed E-state index contributed by atoms with van der Waals surface area (Å²) in [6, 6.07) is 0. The van der Waals surface area contributed by atoms with Crippen LogP contribution >= 0.6 is 0 Å². The van der Waals surface area contributed by atoms with Crippen molar-refractivity contribution in [2.45, 2.75) is 289 Å². The summed E-state index contributed by atoms with van der Waals surface area (Å²) in [5.74, 6) is 5.89. The predicted octanol–water partition coefficient (Wildman–Crippen LogP) is 16.7. The molecule has 0 aliphatic carbocycles. The third-order valence-corrected chi connectivity index (χ3v) is 17.9. The van der Waals surface area contributed by atoms with Crippen molar-refractivity contribution in [1.29, 1.82) is 0 Å². The molecule has 4 rings (SSSR count). The van der Waals surface area contributed by atoms with Crippen molar-refractivity contribution in [1.82, 2.24) is 0 Å². The third kappa shape index (κ3) is 25.2. The van der Waals surface area contributed by atoms with Crippen molar-refractivity contribution in [3.05, 3.63) is 44.5 Å². The van der Waals surface area contributed by atoms with Crippen molar-refractivity contribution < 1.29 is 57.8 Å². The molecular formula is C70H116O12. The Morgan fingerprint density at radius 2 is 0.720 bits per heavy atom. The molecule has 2 aliphatic rings. The van der Waals surface area contributed by atoms with Crippen molar-refractivity contribution in [3.8, 4) is 23.0 Å². The number of aliphatic hydroxyl groups excluding tert-OH is 2. The number of carbonyl (C=O) groups excluding carboxylic acids is 4. The lowest BCUT2D eigenvalue weighted by Crippen LogP contribution is -2.37. The summed E-state index contributed by atoms with van der Waals surface area (Å²) in [5, 5.41) is 17.5. The molecule has 12 heteroatoms. The Labute approximate surface area is 498 Å². The third-order valence-electron chi connectivity index (χ3n) is 17.9. The minimum atomic E-state index is -0.518. The van der Waals surface area contributed by atoms with Gasteiger partial charge in [-0.25, -0.2) is 0 Å². The Hall–Kier alpha value is -4.16. The van der Waals surface area contributed by atoms with Gasteiger partial charge < -0.3 is 38.6 Å². The topological polar surface area (TPSA) is 164 Å². The second-order valence-corrected chi connectivity index (χ2v) is 26.7. The molecule has 2 aromatic carbocycles. The second-order valence-electron chi connectivity index (χ2n) is 26.7. The lowest BCUT2D eigenvalue weighted by Gasteiger charge is -2.38. The fourth-order valence-electron chi connectivity index (χ4n) is 12.0. The van der Waals surface area contributed by atoms with E-state index in [1.54, 1.807) is 0 Å². The van der Waals surface area contributed by atoms with Crippen molar-refractivity contribution in [2.75, 3.05) is 26.4 Å². The van der Waals surface area contributed by atoms with Gasteiger partial charge in [-0.15, -0.1) is 0 Å². The van der Waals surface area contributed by atoms with Crippen LogP contribution in [0.1, 0.15) is 268 Å². The number of rotatable bonds is 36. The Kier molecular flexibility index (Phi) is 32.2. The fourth-order valence-corrected chi connectivity index (χ4v) is 12.0. The average Bonchev–Trinajstić information content (AvgIpc) is 2.75. The molecule has 0 bridgehead atoms. The van der Waals surface area contributed by atoms with E-state index >= 15 is 0 Å². The summed E-state index contributed by atoms with van der Waals surface area (Å²) < 4.78 is 34.6. The van der Waals surface area contributed by atoms with E-state index in [1.807, 2.05) is 41.5 Å². The summed E-state index contributed by atoms with van der Waals surface area (Å²) in [6.07, 6.45) is 26.5. The molecule has 0 aromatic heterocycles. The van der Waals surface area contributed by atoms with Gasteiger partial charge in [0.05, 0.1) is 38.9 Å². The standard InChI is InChI=1S/2C35H58O6/c2*1-24(2)12-9-13-25(3)14-10-15-26(4)16-11-20-35(8)21-19-30-29(7)33(27(5)28(6)34(30)41-35)40-32(38)18-17-31(37)39-23-22-36/h2*24-26,36H,9-23H2,1-8H3/t2*25-,26-,35-/m11/s1. The molecule has 0 spiro atoms. The number of ether oxygens (including phenoxy) is 6. The van der Waals surface area contributed by atoms with E-state index in [-0.39, 0.29) is 63.3 Å². The zero-order valence-electron chi connectivity index (χ0n) is 54.7. The van der Waals surface area contributed by atoms with E-state index in [0.29, 0.717) is 11.5 Å². The van der Waals surface area contributed by atoms with Gasteiger partial charge in [-0.1, -0.05) is 145 Å². The van der Waals surface area contributed by atoms with Crippen LogP contribution in [-0.2, 0) is 41.5 Å². The number of benzene rings is 2. The monoisotopic (exact) mass is 1150 g/mol. The minimum Gasteiger partial charge on any atom is -0.487 e. The van der Waals surface area contributed by atoms with Gasteiger partial charge in [0.2, 0.25) is 0 Å². The highest BCUT2D eigenvalue weighted by Gasteiger charge is 2.37. The van der Waals surface area contributed by atoms with Crippen LogP contribution in [0.15, 0.2) is 0 Å². The SMILES string of the molecule is Cc1c(C)c2c(c(C)c1OC(=O)CCC(=O)OCCO)CC[C@@](C)(CCC[C@H](C)CCC[C@H](C)CCCC(C)C)O2.Cc1c(C)c2c(c(C)c1OC(=O)CCC(=O)OCCO)CC[C@@](C)(CCC[C@H](C)CCC[C@H](C)CCCC(C)C)O2. The van der Waals surface area contributed by atoms with Gasteiger partial charge in [-0.2, -0.15) is 0 Å². The van der Waals surface area contributed by atoms with Crippen LogP contribution in [-0.4, -0.2) is 71.7 Å². The quantitative estimate of drug-likeness (QED) is 0.0491. The molecule has 0 saturated heterocycles. The maximum absolute atomic E-state index is 12.5. The lowest BCUT2D eigenvalue weighted by atomic mass is 9.83. The first-order valence-corrected chi connectivity index (χ1v) is 32.3. The van der Waals surface area contributed by atoms with Crippen LogP contribution < -0.4 is 18.9 Å². The van der Waals surface area contributed by atoms with E-state index in [2.05, 4.69) is 69.2 Å². The van der Waals surface area contributed by atoms with E-state index in [9.17, 15) is 19.2 Å². The van der Waals surface area contributed by atoms with Crippen LogP contribution in [0.25, 0.3) is 0 Å². The van der Waals surface area contributed by atoms with Crippen LogP contribution in [0, 0.1) is 77.0 Å². The molecule has 6 atom stereocenters. The van der Waals surface area contributed by atoms with E-state index in [0.717, 1.165) is 130 Å². The van der Waals surface area contributed by atoms with Crippen LogP contribution in [0.2, 0.25) is 0 Å². The summed E-state index contributed by atoms with van der Waals surface area (Å²) in [4.78, 5) is 48.4. The van der Waals surface area contributed by atoms with E-state index in [4.69, 9.17) is 38.6 Å². The number of hydrogen-bond donors (Lipinski definition) is 2. The highest BCUT2D eigenvalue weighted by atomic mass is 16.6. The number of esters is 4. The molecule has 2 heterocycles. The molecule has 82 heavy (non-hydrogen) atoms. The Morgan fingerprint density at radius 1 is 0.427 bits per heavy atom. The largest absolute Gasteiger partial charge is 0.487 e. The molecular weight excluding hydrogens is 1030 g/mol. The molecule has 0 fully saturated rings. The van der Waals surface area contributed by atoms with Gasteiger partial charge in [0, 0.05) is 11.1 Å². The van der Waals surface area contributed by atoms with Crippen molar-refractivity contribution in [2.24, 2.45) is 35.5 Å². The Morgan fingerprint density at radius 3 is 1.02 bits per heavy atom. The molecule has 2 N–H and O–H groups in total. The molecule has 0 radical (unpaired) electrons. The molecule has 468 valence electrons. The number of hydrogen-bond acceptors (Lipinski definition) is 12. The summed E-state index contributed by atoms with van der Waals surface area (Å²) >= 11 is 0. The van der Waals surface area contributed by atoms with E-state index in [1.165, 1.54) is 103 Å². The first kappa shape index (κ1) is 72.1. The number of fused-ring (bicyclic) bond motifs is 2. The maximum Gasteiger partial charge on any atom is 0.311 e. The number of carbonyl (C=O) groups is 4. The highest BCUT2D eigenvalue weighted by molar-refractivity contribution is 5.81. The lowest BCUT2D eigenvalue weighted by molar-refractivity contribution is -0.147. The van der Waals surface area contributed by atoms with Gasteiger partial charge in [-0.3, -0.25) is 19.2 Å². The van der Waals surface area contributed by atoms with Gasteiger partial charge in [0.25, 0.3) is 0 Å². The van der Waals surface area contributed by atoms with Crippen molar-refractivity contribution >= 4 is 23.9 Å². The van der Waals surface area contributed by atoms with Gasteiger partial charge >= 0.3 is 23.9 Å². The van der Waals surface area contributed by atoms with Crippen LogP contribution in [0.3, 0.4) is 0 Å². The zero-order valence-corrected chi connectivity index (χ0v) is 54.7. The average molecular weight is 1150 g/mol.